The first-order valence-electron chi connectivity index (χ1n) is 5.91. The van der Waals surface area contributed by atoms with Gasteiger partial charge in [-0.25, -0.2) is 4.79 Å². The standard InChI is InChI=1S/C12H19NO3/c1-12(2,3)16-11(15)13-7-6-8-9(13)4-5-10(8)14/h8-9H,4-7H2,1-3H3/t8-,9-/m1/s1. The fraction of sp³-hybridized carbons (Fsp3) is 0.833. The van der Waals surface area contributed by atoms with Crippen LogP contribution >= 0.6 is 0 Å². The van der Waals surface area contributed by atoms with Gasteiger partial charge in [-0.3, -0.25) is 4.79 Å². The SMILES string of the molecule is CC(C)(C)OC(=O)N1CC[C@H]2C(=O)CC[C@H]21. The number of fused-ring (bicyclic) bond motifs is 1. The lowest BCUT2D eigenvalue weighted by molar-refractivity contribution is -0.120. The number of amides is 1. The van der Waals surface area contributed by atoms with Crippen LogP contribution in [-0.4, -0.2) is 35.0 Å². The first-order valence-corrected chi connectivity index (χ1v) is 5.91. The van der Waals surface area contributed by atoms with Crippen molar-refractivity contribution >= 4 is 11.9 Å². The van der Waals surface area contributed by atoms with E-state index in [0.717, 1.165) is 12.8 Å². The maximum atomic E-state index is 11.9. The van der Waals surface area contributed by atoms with Crippen molar-refractivity contribution in [3.63, 3.8) is 0 Å². The van der Waals surface area contributed by atoms with Crippen LogP contribution < -0.4 is 0 Å². The Bertz CT molecular complexity index is 319. The second-order valence-corrected chi connectivity index (χ2v) is 5.64. The van der Waals surface area contributed by atoms with E-state index in [4.69, 9.17) is 4.74 Å². The van der Waals surface area contributed by atoms with Gasteiger partial charge in [0.1, 0.15) is 11.4 Å². The van der Waals surface area contributed by atoms with Crippen molar-refractivity contribution in [2.45, 2.75) is 51.7 Å². The van der Waals surface area contributed by atoms with Crippen LogP contribution in [0.5, 0.6) is 0 Å². The summed E-state index contributed by atoms with van der Waals surface area (Å²) in [5, 5.41) is 0. The molecule has 4 nitrogen and oxygen atoms in total. The van der Waals surface area contributed by atoms with Crippen LogP contribution in [0.25, 0.3) is 0 Å². The summed E-state index contributed by atoms with van der Waals surface area (Å²) in [6, 6.07) is 0.0994. The van der Waals surface area contributed by atoms with Gasteiger partial charge in [0.2, 0.25) is 0 Å². The predicted molar refractivity (Wildman–Crippen MR) is 59.1 cm³/mol. The van der Waals surface area contributed by atoms with Crippen LogP contribution in [0.2, 0.25) is 0 Å². The summed E-state index contributed by atoms with van der Waals surface area (Å²) in [6.07, 6.45) is 1.97. The first kappa shape index (κ1) is 11.4. The number of carbonyl (C=O) groups excluding carboxylic acids is 2. The van der Waals surface area contributed by atoms with Gasteiger partial charge in [0.25, 0.3) is 0 Å². The normalized spacial score (nSPS) is 29.4. The molecule has 16 heavy (non-hydrogen) atoms. The molecular formula is C12H19NO3. The minimum Gasteiger partial charge on any atom is -0.444 e. The molecule has 1 heterocycles. The number of nitrogens with zero attached hydrogens (tertiary/aromatic N) is 1. The highest BCUT2D eigenvalue weighted by Crippen LogP contribution is 2.36. The largest absolute Gasteiger partial charge is 0.444 e. The molecule has 0 aromatic heterocycles. The number of likely N-dealkylation sites (tertiary alicyclic amines) is 1. The zero-order valence-electron chi connectivity index (χ0n) is 10.2. The summed E-state index contributed by atoms with van der Waals surface area (Å²) >= 11 is 0. The lowest BCUT2D eigenvalue weighted by Gasteiger charge is -2.27. The molecule has 4 heteroatoms. The molecule has 0 bridgehead atoms. The minimum absolute atomic E-state index is 0.0764. The summed E-state index contributed by atoms with van der Waals surface area (Å²) < 4.78 is 5.34. The molecule has 1 amide bonds. The zero-order chi connectivity index (χ0) is 11.9. The minimum atomic E-state index is -0.461. The molecule has 90 valence electrons. The van der Waals surface area contributed by atoms with Gasteiger partial charge in [-0.15, -0.1) is 0 Å². The third-order valence-electron chi connectivity index (χ3n) is 3.27. The Kier molecular flexibility index (Phi) is 2.68. The number of rotatable bonds is 0. The van der Waals surface area contributed by atoms with E-state index in [1.54, 1.807) is 4.90 Å². The average molecular weight is 225 g/mol. The number of hydrogen-bond donors (Lipinski definition) is 0. The molecule has 2 rings (SSSR count). The van der Waals surface area contributed by atoms with E-state index in [9.17, 15) is 9.59 Å². The Hall–Kier alpha value is -1.06. The monoisotopic (exact) mass is 225 g/mol. The molecule has 1 aliphatic heterocycles. The van der Waals surface area contributed by atoms with Crippen molar-refractivity contribution in [1.82, 2.24) is 4.90 Å². The van der Waals surface area contributed by atoms with E-state index in [2.05, 4.69) is 0 Å². The van der Waals surface area contributed by atoms with Crippen molar-refractivity contribution < 1.29 is 14.3 Å². The number of hydrogen-bond acceptors (Lipinski definition) is 3. The molecule has 0 spiro atoms. The molecule has 0 N–H and O–H groups in total. The Morgan fingerprint density at radius 1 is 1.38 bits per heavy atom. The van der Waals surface area contributed by atoms with Gasteiger partial charge in [0, 0.05) is 24.9 Å². The summed E-state index contributed by atoms with van der Waals surface area (Å²) in [5.41, 5.74) is -0.461. The molecule has 0 aromatic carbocycles. The summed E-state index contributed by atoms with van der Waals surface area (Å²) in [6.45, 7) is 6.24. The molecule has 0 aromatic rings. The van der Waals surface area contributed by atoms with Crippen LogP contribution in [0.15, 0.2) is 0 Å². The van der Waals surface area contributed by atoms with E-state index in [1.807, 2.05) is 20.8 Å². The lowest BCUT2D eigenvalue weighted by Crippen LogP contribution is -2.40. The van der Waals surface area contributed by atoms with E-state index in [-0.39, 0.29) is 18.1 Å². The molecular weight excluding hydrogens is 206 g/mol. The fourth-order valence-corrected chi connectivity index (χ4v) is 2.61. The van der Waals surface area contributed by atoms with Crippen LogP contribution in [-0.2, 0) is 9.53 Å². The van der Waals surface area contributed by atoms with Gasteiger partial charge in [0.05, 0.1) is 0 Å². The van der Waals surface area contributed by atoms with Crippen LogP contribution in [0, 0.1) is 5.92 Å². The highest BCUT2D eigenvalue weighted by atomic mass is 16.6. The number of carbonyl (C=O) groups is 2. The first-order chi connectivity index (χ1) is 7.38. The fourth-order valence-electron chi connectivity index (χ4n) is 2.61. The average Bonchev–Trinajstić information content (AvgIpc) is 2.66. The van der Waals surface area contributed by atoms with Crippen molar-refractivity contribution in [2.24, 2.45) is 5.92 Å². The Morgan fingerprint density at radius 3 is 2.69 bits per heavy atom. The Morgan fingerprint density at radius 2 is 2.06 bits per heavy atom. The number of ether oxygens (including phenoxy) is 1. The van der Waals surface area contributed by atoms with E-state index in [0.29, 0.717) is 18.7 Å². The third-order valence-corrected chi connectivity index (χ3v) is 3.27. The van der Waals surface area contributed by atoms with Gasteiger partial charge >= 0.3 is 6.09 Å². The molecule has 0 radical (unpaired) electrons. The molecule has 2 fully saturated rings. The highest BCUT2D eigenvalue weighted by molar-refractivity contribution is 5.85. The number of Topliss-reactive ketones (excluding diaryl/α,β-unsaturated/α-hetero) is 1. The number of ketones is 1. The molecule has 0 unspecified atom stereocenters. The zero-order valence-corrected chi connectivity index (χ0v) is 10.2. The summed E-state index contributed by atoms with van der Waals surface area (Å²) in [7, 11) is 0. The van der Waals surface area contributed by atoms with Crippen molar-refractivity contribution in [2.75, 3.05) is 6.54 Å². The Labute approximate surface area is 95.9 Å². The summed E-state index contributed by atoms with van der Waals surface area (Å²) in [4.78, 5) is 25.2. The quantitative estimate of drug-likeness (QED) is 0.633. The Balaban J connectivity index is 2.01. The van der Waals surface area contributed by atoms with Gasteiger partial charge in [-0.05, 0) is 33.6 Å². The van der Waals surface area contributed by atoms with Gasteiger partial charge in [-0.2, -0.15) is 0 Å². The van der Waals surface area contributed by atoms with E-state index >= 15 is 0 Å². The molecule has 2 atom stereocenters. The van der Waals surface area contributed by atoms with E-state index < -0.39 is 5.60 Å². The van der Waals surface area contributed by atoms with Crippen molar-refractivity contribution in [3.05, 3.63) is 0 Å². The third kappa shape index (κ3) is 2.06. The van der Waals surface area contributed by atoms with Crippen LogP contribution in [0.4, 0.5) is 4.79 Å². The molecule has 2 aliphatic rings. The predicted octanol–water partition coefficient (Wildman–Crippen LogP) is 1.97. The highest BCUT2D eigenvalue weighted by Gasteiger charge is 2.45. The van der Waals surface area contributed by atoms with Crippen molar-refractivity contribution in [3.8, 4) is 0 Å². The second-order valence-electron chi connectivity index (χ2n) is 5.64. The lowest BCUT2D eigenvalue weighted by atomic mass is 10.0. The second kappa shape index (κ2) is 3.75. The topological polar surface area (TPSA) is 46.6 Å². The molecule has 1 saturated heterocycles. The molecule has 1 saturated carbocycles. The smallest absolute Gasteiger partial charge is 0.410 e. The van der Waals surface area contributed by atoms with Gasteiger partial charge < -0.3 is 9.64 Å². The van der Waals surface area contributed by atoms with E-state index in [1.165, 1.54) is 0 Å². The van der Waals surface area contributed by atoms with Crippen LogP contribution in [0.1, 0.15) is 40.0 Å². The summed E-state index contributed by atoms with van der Waals surface area (Å²) in [5.74, 6) is 0.392. The van der Waals surface area contributed by atoms with Gasteiger partial charge in [-0.1, -0.05) is 0 Å². The molecule has 1 aliphatic carbocycles. The van der Waals surface area contributed by atoms with Gasteiger partial charge in [0.15, 0.2) is 0 Å². The maximum absolute atomic E-state index is 11.9. The van der Waals surface area contributed by atoms with Crippen molar-refractivity contribution in [1.29, 1.82) is 0 Å². The maximum Gasteiger partial charge on any atom is 0.410 e. The van der Waals surface area contributed by atoms with Crippen LogP contribution in [0.3, 0.4) is 0 Å².